The van der Waals surface area contributed by atoms with Crippen LogP contribution in [0.25, 0.3) is 0 Å². The molecule has 1 aliphatic rings. The first kappa shape index (κ1) is 14.9. The summed E-state index contributed by atoms with van der Waals surface area (Å²) in [5.74, 6) is 0.853. The van der Waals surface area contributed by atoms with E-state index in [4.69, 9.17) is 9.84 Å². The molecule has 1 saturated heterocycles. The number of hydrogen-bond acceptors (Lipinski definition) is 3. The number of aliphatic hydroxyl groups excluding tert-OH is 1. The molecule has 3 nitrogen and oxygen atoms in total. The Morgan fingerprint density at radius 3 is 2.14 bits per heavy atom. The third-order valence-corrected chi connectivity index (χ3v) is 4.17. The van der Waals surface area contributed by atoms with Gasteiger partial charge in [0.15, 0.2) is 0 Å². The molecule has 0 atom stereocenters. The molecule has 2 aromatic rings. The normalized spacial score (nSPS) is 14.3. The fourth-order valence-corrected chi connectivity index (χ4v) is 2.83. The minimum Gasteiger partial charge on any atom is -0.493 e. The zero-order chi connectivity index (χ0) is 15.2. The first-order chi connectivity index (χ1) is 10.8. The van der Waals surface area contributed by atoms with Crippen LogP contribution in [-0.4, -0.2) is 24.8 Å². The van der Waals surface area contributed by atoms with Crippen molar-refractivity contribution in [3.63, 3.8) is 0 Å². The molecule has 0 aliphatic carbocycles. The van der Waals surface area contributed by atoms with Gasteiger partial charge in [0, 0.05) is 25.2 Å². The fourth-order valence-electron chi connectivity index (χ4n) is 2.83. The van der Waals surface area contributed by atoms with Crippen LogP contribution in [0.5, 0.6) is 5.75 Å². The minimum atomic E-state index is 0.0731. The average Bonchev–Trinajstić information content (AvgIpc) is 3.11. The summed E-state index contributed by atoms with van der Waals surface area (Å²) < 4.78 is 5.75. The maximum atomic E-state index is 9.01. The van der Waals surface area contributed by atoms with Crippen molar-refractivity contribution in [1.82, 2.24) is 0 Å². The molecule has 1 heterocycles. The van der Waals surface area contributed by atoms with Gasteiger partial charge in [0.05, 0.1) is 13.2 Å². The first-order valence-electron chi connectivity index (χ1n) is 8.01. The van der Waals surface area contributed by atoms with Crippen molar-refractivity contribution in [2.24, 2.45) is 0 Å². The zero-order valence-corrected chi connectivity index (χ0v) is 12.9. The summed E-state index contributed by atoms with van der Waals surface area (Å²) in [5.41, 5.74) is 3.54. The van der Waals surface area contributed by atoms with Gasteiger partial charge in [-0.25, -0.2) is 0 Å². The highest BCUT2D eigenvalue weighted by atomic mass is 16.5. The highest BCUT2D eigenvalue weighted by molar-refractivity contribution is 5.48. The van der Waals surface area contributed by atoms with Crippen molar-refractivity contribution in [3.8, 4) is 5.75 Å². The Morgan fingerprint density at radius 2 is 1.50 bits per heavy atom. The molecule has 22 heavy (non-hydrogen) atoms. The number of ether oxygens (including phenoxy) is 1. The lowest BCUT2D eigenvalue weighted by atomic mass is 10.1. The average molecular weight is 297 g/mol. The van der Waals surface area contributed by atoms with Gasteiger partial charge in [-0.2, -0.15) is 0 Å². The number of benzene rings is 2. The van der Waals surface area contributed by atoms with Crippen molar-refractivity contribution in [3.05, 3.63) is 59.7 Å². The lowest BCUT2D eigenvalue weighted by Gasteiger charge is -2.17. The van der Waals surface area contributed by atoms with Gasteiger partial charge in [-0.3, -0.25) is 0 Å². The summed E-state index contributed by atoms with van der Waals surface area (Å²) in [6, 6.07) is 16.4. The fraction of sp³-hybridized carbons (Fsp3) is 0.368. The molecule has 0 unspecified atom stereocenters. The maximum Gasteiger partial charge on any atom is 0.119 e. The molecule has 0 amide bonds. The Morgan fingerprint density at radius 1 is 0.864 bits per heavy atom. The number of anilines is 1. The van der Waals surface area contributed by atoms with Crippen LogP contribution in [0.4, 0.5) is 5.69 Å². The van der Waals surface area contributed by atoms with Crippen LogP contribution in [0.2, 0.25) is 0 Å². The summed E-state index contributed by atoms with van der Waals surface area (Å²) in [5, 5.41) is 9.01. The van der Waals surface area contributed by atoms with Gasteiger partial charge >= 0.3 is 0 Å². The van der Waals surface area contributed by atoms with Crippen LogP contribution in [0.3, 0.4) is 0 Å². The standard InChI is InChI=1S/C19H23NO2/c21-15-17-5-9-19(10-6-17)22-14-11-16-3-7-18(8-4-16)20-12-1-2-13-20/h3-10,21H,1-2,11-15H2. The Balaban J connectivity index is 1.48. The quantitative estimate of drug-likeness (QED) is 0.887. The van der Waals surface area contributed by atoms with Crippen LogP contribution in [-0.2, 0) is 13.0 Å². The molecule has 1 N–H and O–H groups in total. The smallest absolute Gasteiger partial charge is 0.119 e. The largest absolute Gasteiger partial charge is 0.493 e. The number of hydrogen-bond donors (Lipinski definition) is 1. The summed E-state index contributed by atoms with van der Waals surface area (Å²) in [4.78, 5) is 2.45. The summed E-state index contributed by atoms with van der Waals surface area (Å²) in [6.07, 6.45) is 3.53. The molecule has 2 aromatic carbocycles. The molecule has 0 spiro atoms. The van der Waals surface area contributed by atoms with E-state index in [0.29, 0.717) is 6.61 Å². The molecular weight excluding hydrogens is 274 g/mol. The van der Waals surface area contributed by atoms with E-state index in [0.717, 1.165) is 17.7 Å². The van der Waals surface area contributed by atoms with E-state index in [9.17, 15) is 0 Å². The molecule has 0 saturated carbocycles. The molecule has 116 valence electrons. The van der Waals surface area contributed by atoms with Crippen molar-refractivity contribution in [1.29, 1.82) is 0 Å². The second kappa shape index (κ2) is 7.32. The second-order valence-corrected chi connectivity index (χ2v) is 5.76. The predicted molar refractivity (Wildman–Crippen MR) is 89.5 cm³/mol. The first-order valence-corrected chi connectivity index (χ1v) is 8.01. The zero-order valence-electron chi connectivity index (χ0n) is 12.9. The van der Waals surface area contributed by atoms with E-state index in [1.54, 1.807) is 0 Å². The van der Waals surface area contributed by atoms with E-state index in [2.05, 4.69) is 29.2 Å². The predicted octanol–water partition coefficient (Wildman–Crippen LogP) is 3.40. The van der Waals surface area contributed by atoms with Crippen LogP contribution in [0.1, 0.15) is 24.0 Å². The van der Waals surface area contributed by atoms with E-state index < -0.39 is 0 Å². The molecule has 0 bridgehead atoms. The molecule has 3 heteroatoms. The van der Waals surface area contributed by atoms with E-state index >= 15 is 0 Å². The number of rotatable bonds is 6. The third kappa shape index (κ3) is 3.80. The lowest BCUT2D eigenvalue weighted by Crippen LogP contribution is -2.17. The van der Waals surface area contributed by atoms with E-state index in [1.807, 2.05) is 24.3 Å². The molecule has 1 aliphatic heterocycles. The molecule has 0 aromatic heterocycles. The van der Waals surface area contributed by atoms with E-state index in [1.165, 1.54) is 37.2 Å². The van der Waals surface area contributed by atoms with Crippen LogP contribution < -0.4 is 9.64 Å². The van der Waals surface area contributed by atoms with Gasteiger partial charge in [-0.15, -0.1) is 0 Å². The van der Waals surface area contributed by atoms with Gasteiger partial charge in [-0.1, -0.05) is 24.3 Å². The molecule has 1 fully saturated rings. The van der Waals surface area contributed by atoms with Gasteiger partial charge in [0.25, 0.3) is 0 Å². The topological polar surface area (TPSA) is 32.7 Å². The monoisotopic (exact) mass is 297 g/mol. The van der Waals surface area contributed by atoms with Crippen LogP contribution >= 0.6 is 0 Å². The van der Waals surface area contributed by atoms with Gasteiger partial charge < -0.3 is 14.7 Å². The third-order valence-electron chi connectivity index (χ3n) is 4.17. The highest BCUT2D eigenvalue weighted by Crippen LogP contribution is 2.20. The lowest BCUT2D eigenvalue weighted by molar-refractivity contribution is 0.281. The summed E-state index contributed by atoms with van der Waals surface area (Å²) >= 11 is 0. The van der Waals surface area contributed by atoms with Gasteiger partial charge in [0.2, 0.25) is 0 Å². The Labute approximate surface area is 132 Å². The SMILES string of the molecule is OCc1ccc(OCCc2ccc(N3CCCC3)cc2)cc1. The number of aliphatic hydroxyl groups is 1. The number of nitrogens with zero attached hydrogens (tertiary/aromatic N) is 1. The van der Waals surface area contributed by atoms with Crippen LogP contribution in [0, 0.1) is 0 Å². The Kier molecular flexibility index (Phi) is 4.96. The van der Waals surface area contributed by atoms with E-state index in [-0.39, 0.29) is 6.61 Å². The Hall–Kier alpha value is -2.00. The molecule has 0 radical (unpaired) electrons. The molecule has 3 rings (SSSR count). The highest BCUT2D eigenvalue weighted by Gasteiger charge is 2.11. The van der Waals surface area contributed by atoms with Crippen molar-refractivity contribution in [2.75, 3.05) is 24.6 Å². The maximum absolute atomic E-state index is 9.01. The minimum absolute atomic E-state index is 0.0731. The second-order valence-electron chi connectivity index (χ2n) is 5.76. The molecular formula is C19H23NO2. The summed E-state index contributed by atoms with van der Waals surface area (Å²) in [7, 11) is 0. The van der Waals surface area contributed by atoms with Gasteiger partial charge in [0.1, 0.15) is 5.75 Å². The van der Waals surface area contributed by atoms with Crippen molar-refractivity contribution >= 4 is 5.69 Å². The van der Waals surface area contributed by atoms with Crippen molar-refractivity contribution in [2.45, 2.75) is 25.9 Å². The van der Waals surface area contributed by atoms with Crippen molar-refractivity contribution < 1.29 is 9.84 Å². The summed E-state index contributed by atoms with van der Waals surface area (Å²) in [6.45, 7) is 3.11. The van der Waals surface area contributed by atoms with Gasteiger partial charge in [-0.05, 0) is 48.2 Å². The van der Waals surface area contributed by atoms with Crippen LogP contribution in [0.15, 0.2) is 48.5 Å². The Bertz CT molecular complexity index is 571.